The molecule has 0 aliphatic rings. The van der Waals surface area contributed by atoms with E-state index in [0.717, 1.165) is 13.2 Å². The minimum absolute atomic E-state index is 0.178. The molecule has 0 amide bonds. The van der Waals surface area contributed by atoms with Crippen molar-refractivity contribution in [1.29, 1.82) is 0 Å². The van der Waals surface area contributed by atoms with Gasteiger partial charge in [0.1, 0.15) is 5.82 Å². The third-order valence-electron chi connectivity index (χ3n) is 6.52. The molecular weight excluding hydrogens is 419 g/mol. The van der Waals surface area contributed by atoms with Crippen LogP contribution in [-0.2, 0) is 4.74 Å². The molecule has 1 aromatic rings. The second-order valence-corrected chi connectivity index (χ2v) is 9.98. The van der Waals surface area contributed by atoms with E-state index in [1.165, 1.54) is 153 Å². The molecule has 0 atom stereocenters. The number of rotatable bonds is 24. The maximum absolute atomic E-state index is 11.9. The number of unbranched alkanes of at least 4 members (excludes halogenated alkanes) is 20. The van der Waals surface area contributed by atoms with Gasteiger partial charge >= 0.3 is 0 Å². The van der Waals surface area contributed by atoms with Gasteiger partial charge in [-0.2, -0.15) is 0 Å². The molecule has 34 heavy (non-hydrogen) atoms. The van der Waals surface area contributed by atoms with Crippen molar-refractivity contribution in [2.24, 2.45) is 0 Å². The predicted molar refractivity (Wildman–Crippen MR) is 150 cm³/mol. The van der Waals surface area contributed by atoms with Crippen LogP contribution in [0, 0.1) is 5.82 Å². The molecule has 1 rings (SSSR count). The van der Waals surface area contributed by atoms with Crippen LogP contribution in [0.1, 0.15) is 155 Å². The first-order chi connectivity index (χ1) is 16.8. The lowest BCUT2D eigenvalue weighted by Crippen LogP contribution is -1.97. The second kappa shape index (κ2) is 30.1. The van der Waals surface area contributed by atoms with Gasteiger partial charge in [-0.25, -0.2) is 4.39 Å². The molecule has 0 spiro atoms. The lowest BCUT2D eigenvalue weighted by molar-refractivity contribution is 0.125. The van der Waals surface area contributed by atoms with Gasteiger partial charge in [-0.1, -0.05) is 160 Å². The molecule has 0 N–H and O–H groups in total. The molecule has 0 fully saturated rings. The van der Waals surface area contributed by atoms with Crippen molar-refractivity contribution >= 4 is 0 Å². The summed E-state index contributed by atoms with van der Waals surface area (Å²) in [7, 11) is 0. The summed E-state index contributed by atoms with van der Waals surface area (Å²) < 4.78 is 17.7. The van der Waals surface area contributed by atoms with Crippen molar-refractivity contribution in [3.8, 4) is 0 Å². The SMILES string of the molecule is CCCCCCCCCCCCCOCCCCCCCCCCCCC.Fc1ccccc1. The number of ether oxygens (including phenoxy) is 1. The summed E-state index contributed by atoms with van der Waals surface area (Å²) >= 11 is 0. The zero-order chi connectivity index (χ0) is 24.8. The summed E-state index contributed by atoms with van der Waals surface area (Å²) in [6.07, 6.45) is 31.1. The fourth-order valence-corrected chi connectivity index (χ4v) is 4.25. The summed E-state index contributed by atoms with van der Waals surface area (Å²) in [6, 6.07) is 7.94. The summed E-state index contributed by atoms with van der Waals surface area (Å²) in [5, 5.41) is 0. The van der Waals surface area contributed by atoms with Crippen molar-refractivity contribution in [2.75, 3.05) is 13.2 Å². The van der Waals surface area contributed by atoms with Crippen LogP contribution in [0.25, 0.3) is 0 Å². The minimum atomic E-state index is -0.178. The highest BCUT2D eigenvalue weighted by Gasteiger charge is 1.95. The zero-order valence-electron chi connectivity index (χ0n) is 23.1. The molecule has 0 bridgehead atoms. The number of hydrogen-bond donors (Lipinski definition) is 0. The second-order valence-electron chi connectivity index (χ2n) is 9.98. The highest BCUT2D eigenvalue weighted by Crippen LogP contribution is 2.12. The maximum Gasteiger partial charge on any atom is 0.123 e. The Morgan fingerprint density at radius 2 is 0.735 bits per heavy atom. The van der Waals surface area contributed by atoms with Crippen LogP contribution in [0.2, 0.25) is 0 Å². The Balaban J connectivity index is 0.00000131. The summed E-state index contributed by atoms with van der Waals surface area (Å²) in [5.41, 5.74) is 0. The monoisotopic (exact) mass is 478 g/mol. The van der Waals surface area contributed by atoms with Gasteiger partial charge in [-0.3, -0.25) is 0 Å². The van der Waals surface area contributed by atoms with E-state index >= 15 is 0 Å². The van der Waals surface area contributed by atoms with E-state index in [4.69, 9.17) is 4.74 Å². The Morgan fingerprint density at radius 3 is 1.00 bits per heavy atom. The number of benzene rings is 1. The average molecular weight is 479 g/mol. The summed E-state index contributed by atoms with van der Waals surface area (Å²) in [6.45, 7) is 6.58. The van der Waals surface area contributed by atoms with Crippen LogP contribution in [-0.4, -0.2) is 13.2 Å². The first-order valence-electron chi connectivity index (χ1n) is 15.1. The van der Waals surface area contributed by atoms with Gasteiger partial charge in [0.15, 0.2) is 0 Å². The Kier molecular flexibility index (Phi) is 29.4. The van der Waals surface area contributed by atoms with E-state index in [2.05, 4.69) is 13.8 Å². The van der Waals surface area contributed by atoms with E-state index in [1.807, 2.05) is 0 Å². The van der Waals surface area contributed by atoms with Gasteiger partial charge in [0.25, 0.3) is 0 Å². The molecule has 0 aliphatic carbocycles. The van der Waals surface area contributed by atoms with Crippen molar-refractivity contribution in [1.82, 2.24) is 0 Å². The fraction of sp³-hybridized carbons (Fsp3) is 0.812. The van der Waals surface area contributed by atoms with Crippen LogP contribution in [0.3, 0.4) is 0 Å². The molecule has 1 aromatic carbocycles. The minimum Gasteiger partial charge on any atom is -0.381 e. The van der Waals surface area contributed by atoms with Gasteiger partial charge in [-0.15, -0.1) is 0 Å². The smallest absolute Gasteiger partial charge is 0.123 e. The van der Waals surface area contributed by atoms with E-state index in [0.29, 0.717) is 0 Å². The third kappa shape index (κ3) is 29.1. The third-order valence-corrected chi connectivity index (χ3v) is 6.52. The highest BCUT2D eigenvalue weighted by atomic mass is 19.1. The lowest BCUT2D eigenvalue weighted by atomic mass is 10.1. The standard InChI is InChI=1S/C26H54O.C6H5F/c1-3-5-7-9-11-13-15-17-19-21-23-25-27-26-24-22-20-18-16-14-12-10-8-6-4-2;7-6-4-2-1-3-5-6/h3-26H2,1-2H3;1-5H. The van der Waals surface area contributed by atoms with Gasteiger partial charge in [0.05, 0.1) is 0 Å². The molecular formula is C32H59FO. The van der Waals surface area contributed by atoms with Crippen LogP contribution in [0.5, 0.6) is 0 Å². The quantitative estimate of drug-likeness (QED) is 0.134. The molecule has 0 heterocycles. The predicted octanol–water partition coefficient (Wildman–Crippen LogP) is 11.5. The maximum atomic E-state index is 11.9. The highest BCUT2D eigenvalue weighted by molar-refractivity contribution is 5.02. The summed E-state index contributed by atoms with van der Waals surface area (Å²) in [5.74, 6) is -0.178. The van der Waals surface area contributed by atoms with Gasteiger partial charge in [0, 0.05) is 13.2 Å². The van der Waals surface area contributed by atoms with E-state index in [-0.39, 0.29) is 5.82 Å². The molecule has 0 saturated heterocycles. The Bertz CT molecular complexity index is 437. The first kappa shape index (κ1) is 33.1. The zero-order valence-corrected chi connectivity index (χ0v) is 23.1. The molecule has 0 radical (unpaired) electrons. The Morgan fingerprint density at radius 1 is 0.441 bits per heavy atom. The van der Waals surface area contributed by atoms with Crippen LogP contribution < -0.4 is 0 Å². The molecule has 0 unspecified atom stereocenters. The number of halogens is 1. The Labute approximate surface area is 213 Å². The first-order valence-corrected chi connectivity index (χ1v) is 15.1. The molecule has 1 nitrogen and oxygen atoms in total. The van der Waals surface area contributed by atoms with E-state index < -0.39 is 0 Å². The molecule has 0 aromatic heterocycles. The van der Waals surface area contributed by atoms with E-state index in [9.17, 15) is 4.39 Å². The molecule has 2 heteroatoms. The lowest BCUT2D eigenvalue weighted by Gasteiger charge is -2.05. The van der Waals surface area contributed by atoms with Crippen LogP contribution in [0.4, 0.5) is 4.39 Å². The largest absolute Gasteiger partial charge is 0.381 e. The van der Waals surface area contributed by atoms with Crippen molar-refractivity contribution in [3.05, 3.63) is 36.1 Å². The van der Waals surface area contributed by atoms with Crippen molar-refractivity contribution in [3.63, 3.8) is 0 Å². The normalized spacial score (nSPS) is 10.8. The fourth-order valence-electron chi connectivity index (χ4n) is 4.25. The number of hydrogen-bond acceptors (Lipinski definition) is 1. The molecule has 0 saturated carbocycles. The summed E-state index contributed by atoms with van der Waals surface area (Å²) in [4.78, 5) is 0. The van der Waals surface area contributed by atoms with Crippen molar-refractivity contribution in [2.45, 2.75) is 155 Å². The van der Waals surface area contributed by atoms with E-state index in [1.54, 1.807) is 18.2 Å². The van der Waals surface area contributed by atoms with Crippen molar-refractivity contribution < 1.29 is 9.13 Å². The molecule has 200 valence electrons. The topological polar surface area (TPSA) is 9.23 Å². The van der Waals surface area contributed by atoms with Crippen LogP contribution >= 0.6 is 0 Å². The molecule has 0 aliphatic heterocycles. The van der Waals surface area contributed by atoms with Gasteiger partial charge in [-0.05, 0) is 25.0 Å². The van der Waals surface area contributed by atoms with Gasteiger partial charge in [0.2, 0.25) is 0 Å². The Hall–Kier alpha value is -0.890. The average Bonchev–Trinajstić information content (AvgIpc) is 2.85. The van der Waals surface area contributed by atoms with Crippen LogP contribution in [0.15, 0.2) is 30.3 Å². The van der Waals surface area contributed by atoms with Gasteiger partial charge < -0.3 is 4.74 Å².